The van der Waals surface area contributed by atoms with Crippen molar-refractivity contribution in [3.8, 4) is 0 Å². The van der Waals surface area contributed by atoms with E-state index in [4.69, 9.17) is 0 Å². The van der Waals surface area contributed by atoms with Gasteiger partial charge in [0.1, 0.15) is 0 Å². The summed E-state index contributed by atoms with van der Waals surface area (Å²) in [5.74, 6) is 1.17. The third-order valence-electron chi connectivity index (χ3n) is 4.20. The van der Waals surface area contributed by atoms with Crippen LogP contribution >= 0.6 is 0 Å². The van der Waals surface area contributed by atoms with Gasteiger partial charge in [0.05, 0.1) is 11.9 Å². The van der Waals surface area contributed by atoms with Gasteiger partial charge in [-0.15, -0.1) is 0 Å². The fraction of sp³-hybridized carbons (Fsp3) is 1.00. The molecule has 1 saturated heterocycles. The minimum Gasteiger partial charge on any atom is -0.390 e. The van der Waals surface area contributed by atoms with Crippen LogP contribution in [0.25, 0.3) is 0 Å². The lowest BCUT2D eigenvalue weighted by Gasteiger charge is -2.38. The molecule has 1 atom stereocenters. The molecule has 1 N–H and O–H groups in total. The zero-order chi connectivity index (χ0) is 16.3. The minimum absolute atomic E-state index is 0.274. The first-order valence-corrected chi connectivity index (χ1v) is 10.0. The molecule has 1 unspecified atom stereocenters. The topological polar surface area (TPSA) is 57.6 Å². The third kappa shape index (κ3) is 6.66. The summed E-state index contributed by atoms with van der Waals surface area (Å²) in [6.45, 7) is 9.73. The van der Waals surface area contributed by atoms with Gasteiger partial charge in [0, 0.05) is 13.1 Å². The second-order valence-electron chi connectivity index (χ2n) is 7.75. The lowest BCUT2D eigenvalue weighted by molar-refractivity contribution is -0.0264. The first kappa shape index (κ1) is 18.9. The molecule has 21 heavy (non-hydrogen) atoms. The van der Waals surface area contributed by atoms with E-state index >= 15 is 0 Å². The summed E-state index contributed by atoms with van der Waals surface area (Å²) in [5, 5.41) is 11.0. The van der Waals surface area contributed by atoms with Crippen LogP contribution in [-0.4, -0.2) is 42.8 Å². The molecule has 1 aliphatic heterocycles. The van der Waals surface area contributed by atoms with Gasteiger partial charge >= 0.3 is 0 Å². The Labute approximate surface area is 131 Å². The minimum atomic E-state index is -3.11. The highest BCUT2D eigenvalue weighted by molar-refractivity contribution is 7.88. The van der Waals surface area contributed by atoms with E-state index in [0.717, 1.165) is 32.1 Å². The highest BCUT2D eigenvalue weighted by Crippen LogP contribution is 2.34. The Morgan fingerprint density at radius 3 is 2.14 bits per heavy atom. The first-order chi connectivity index (χ1) is 9.52. The third-order valence-corrected chi connectivity index (χ3v) is 5.47. The van der Waals surface area contributed by atoms with E-state index in [-0.39, 0.29) is 5.92 Å². The van der Waals surface area contributed by atoms with E-state index < -0.39 is 15.6 Å². The summed E-state index contributed by atoms with van der Waals surface area (Å²) in [6.07, 6.45) is 5.50. The van der Waals surface area contributed by atoms with Gasteiger partial charge in [-0.2, -0.15) is 0 Å². The van der Waals surface area contributed by atoms with Gasteiger partial charge < -0.3 is 5.11 Å². The van der Waals surface area contributed by atoms with Crippen molar-refractivity contribution in [2.24, 2.45) is 17.8 Å². The molecule has 0 aromatic rings. The van der Waals surface area contributed by atoms with Crippen molar-refractivity contribution in [2.75, 3.05) is 19.3 Å². The van der Waals surface area contributed by atoms with Crippen LogP contribution in [0.5, 0.6) is 0 Å². The van der Waals surface area contributed by atoms with Crippen molar-refractivity contribution in [3.05, 3.63) is 0 Å². The Morgan fingerprint density at radius 1 is 1.19 bits per heavy atom. The lowest BCUT2D eigenvalue weighted by Crippen LogP contribution is -2.43. The van der Waals surface area contributed by atoms with Gasteiger partial charge in [-0.05, 0) is 49.9 Å². The van der Waals surface area contributed by atoms with Gasteiger partial charge in [-0.25, -0.2) is 12.7 Å². The molecule has 0 aromatic heterocycles. The van der Waals surface area contributed by atoms with Crippen LogP contribution < -0.4 is 0 Å². The van der Waals surface area contributed by atoms with Gasteiger partial charge in [-0.1, -0.05) is 27.7 Å². The Kier molecular flexibility index (Phi) is 6.69. The standard InChI is InChI=1S/C16H33NO3S/c1-13(2)9-16(18,10-14(3)4)11-15-7-6-8-17(12-15)21(5,19)20/h13-15,18H,6-12H2,1-5H3. The van der Waals surface area contributed by atoms with E-state index in [2.05, 4.69) is 27.7 Å². The number of hydrogen-bond donors (Lipinski definition) is 1. The molecule has 0 saturated carbocycles. The molecule has 0 radical (unpaired) electrons. The van der Waals surface area contributed by atoms with Crippen molar-refractivity contribution < 1.29 is 13.5 Å². The van der Waals surface area contributed by atoms with Crippen LogP contribution in [0.3, 0.4) is 0 Å². The highest BCUT2D eigenvalue weighted by Gasteiger charge is 2.35. The Bertz CT molecular complexity index is 407. The molecule has 1 heterocycles. The highest BCUT2D eigenvalue weighted by atomic mass is 32.2. The number of piperidine rings is 1. The summed E-state index contributed by atoms with van der Waals surface area (Å²) in [4.78, 5) is 0. The van der Waals surface area contributed by atoms with Gasteiger partial charge in [0.25, 0.3) is 0 Å². The number of sulfonamides is 1. The van der Waals surface area contributed by atoms with Gasteiger partial charge in [0.2, 0.25) is 10.0 Å². The molecule has 0 amide bonds. The number of nitrogens with zero attached hydrogens (tertiary/aromatic N) is 1. The van der Waals surface area contributed by atoms with Crippen LogP contribution in [0, 0.1) is 17.8 Å². The molecule has 1 rings (SSSR count). The van der Waals surface area contributed by atoms with Crippen LogP contribution in [0.15, 0.2) is 0 Å². The maximum atomic E-state index is 11.7. The van der Waals surface area contributed by atoms with Crippen molar-refractivity contribution in [1.29, 1.82) is 0 Å². The zero-order valence-electron chi connectivity index (χ0n) is 14.3. The molecular weight excluding hydrogens is 286 g/mol. The largest absolute Gasteiger partial charge is 0.390 e. The van der Waals surface area contributed by atoms with E-state index in [1.807, 2.05) is 0 Å². The SMILES string of the molecule is CC(C)CC(O)(CC(C)C)CC1CCCN(S(C)(=O)=O)C1. The average Bonchev–Trinajstić information content (AvgIpc) is 2.24. The molecule has 0 aromatic carbocycles. The van der Waals surface area contributed by atoms with Crippen molar-refractivity contribution in [1.82, 2.24) is 4.31 Å². The monoisotopic (exact) mass is 319 g/mol. The Hall–Kier alpha value is -0.130. The molecule has 0 bridgehead atoms. The number of aliphatic hydroxyl groups is 1. The van der Waals surface area contributed by atoms with E-state index in [1.54, 1.807) is 4.31 Å². The molecule has 0 spiro atoms. The first-order valence-electron chi connectivity index (χ1n) is 8.19. The molecule has 1 fully saturated rings. The number of rotatable bonds is 7. The summed E-state index contributed by atoms with van der Waals surface area (Å²) >= 11 is 0. The smallest absolute Gasteiger partial charge is 0.211 e. The summed E-state index contributed by atoms with van der Waals surface area (Å²) in [7, 11) is -3.11. The summed E-state index contributed by atoms with van der Waals surface area (Å²) in [6, 6.07) is 0. The quantitative estimate of drug-likeness (QED) is 0.785. The van der Waals surface area contributed by atoms with E-state index in [9.17, 15) is 13.5 Å². The van der Waals surface area contributed by atoms with Gasteiger partial charge in [-0.3, -0.25) is 0 Å². The van der Waals surface area contributed by atoms with Crippen LogP contribution in [0.1, 0.15) is 59.8 Å². The fourth-order valence-corrected chi connectivity index (χ4v) is 4.74. The van der Waals surface area contributed by atoms with Crippen LogP contribution in [0.2, 0.25) is 0 Å². The maximum Gasteiger partial charge on any atom is 0.211 e. The lowest BCUT2D eigenvalue weighted by atomic mass is 9.77. The Morgan fingerprint density at radius 2 is 1.71 bits per heavy atom. The molecule has 0 aliphatic carbocycles. The predicted molar refractivity (Wildman–Crippen MR) is 87.6 cm³/mol. The second kappa shape index (κ2) is 7.42. The number of hydrogen-bond acceptors (Lipinski definition) is 3. The Balaban J connectivity index is 2.74. The molecule has 5 heteroatoms. The van der Waals surface area contributed by atoms with E-state index in [0.29, 0.717) is 24.9 Å². The molecule has 1 aliphatic rings. The normalized spacial score (nSPS) is 22.2. The van der Waals surface area contributed by atoms with Crippen molar-refractivity contribution >= 4 is 10.0 Å². The molecule has 126 valence electrons. The predicted octanol–water partition coefficient (Wildman–Crippen LogP) is 2.87. The van der Waals surface area contributed by atoms with Crippen LogP contribution in [-0.2, 0) is 10.0 Å². The van der Waals surface area contributed by atoms with Crippen LogP contribution in [0.4, 0.5) is 0 Å². The zero-order valence-corrected chi connectivity index (χ0v) is 15.1. The van der Waals surface area contributed by atoms with E-state index in [1.165, 1.54) is 6.26 Å². The summed E-state index contributed by atoms with van der Waals surface area (Å²) in [5.41, 5.74) is -0.659. The van der Waals surface area contributed by atoms with Gasteiger partial charge in [0.15, 0.2) is 0 Å². The summed E-state index contributed by atoms with van der Waals surface area (Å²) < 4.78 is 25.0. The van der Waals surface area contributed by atoms with Crippen molar-refractivity contribution in [3.63, 3.8) is 0 Å². The molecule has 4 nitrogen and oxygen atoms in total. The van der Waals surface area contributed by atoms with Crippen molar-refractivity contribution in [2.45, 2.75) is 65.4 Å². The molecular formula is C16H33NO3S. The average molecular weight is 320 g/mol. The fourth-order valence-electron chi connectivity index (χ4n) is 3.80. The maximum absolute atomic E-state index is 11.7. The second-order valence-corrected chi connectivity index (χ2v) is 9.74.